The van der Waals surface area contributed by atoms with E-state index in [2.05, 4.69) is 10.1 Å². The van der Waals surface area contributed by atoms with Gasteiger partial charge < -0.3 is 4.90 Å². The first-order valence-electron chi connectivity index (χ1n) is 7.77. The van der Waals surface area contributed by atoms with Gasteiger partial charge in [0.15, 0.2) is 5.17 Å². The molecule has 1 aromatic carbocycles. The molecule has 0 N–H and O–H groups in total. The van der Waals surface area contributed by atoms with Crippen LogP contribution in [0.25, 0.3) is 6.08 Å². The quantitative estimate of drug-likeness (QED) is 0.775. The number of nitrogens with zero attached hydrogens (tertiary/aromatic N) is 5. The summed E-state index contributed by atoms with van der Waals surface area (Å²) in [6.45, 7) is 2.35. The average Bonchev–Trinajstić information content (AvgIpc) is 3.10. The molecule has 4 rings (SSSR count). The van der Waals surface area contributed by atoms with E-state index in [1.54, 1.807) is 34.0 Å². The van der Waals surface area contributed by atoms with E-state index >= 15 is 0 Å². The predicted octanol–water partition coefficient (Wildman–Crippen LogP) is 2.58. The van der Waals surface area contributed by atoms with Crippen LogP contribution in [0, 0.1) is 12.7 Å². The van der Waals surface area contributed by atoms with Crippen LogP contribution >= 0.6 is 11.8 Å². The second-order valence-electron chi connectivity index (χ2n) is 5.90. The number of benzene rings is 1. The Balaban J connectivity index is 1.57. The summed E-state index contributed by atoms with van der Waals surface area (Å²) < 4.78 is 14.9. The van der Waals surface area contributed by atoms with Crippen molar-refractivity contribution in [3.8, 4) is 0 Å². The Labute approximate surface area is 148 Å². The minimum Gasteiger partial charge on any atom is -0.343 e. The van der Waals surface area contributed by atoms with Crippen molar-refractivity contribution in [3.63, 3.8) is 0 Å². The summed E-state index contributed by atoms with van der Waals surface area (Å²) >= 11 is 1.49. The van der Waals surface area contributed by atoms with E-state index in [1.165, 1.54) is 23.9 Å². The first kappa shape index (κ1) is 15.9. The van der Waals surface area contributed by atoms with Crippen LogP contribution in [0.1, 0.15) is 11.3 Å². The van der Waals surface area contributed by atoms with Gasteiger partial charge in [-0.3, -0.25) is 14.4 Å². The van der Waals surface area contributed by atoms with Gasteiger partial charge in [-0.15, -0.1) is 0 Å². The van der Waals surface area contributed by atoms with Crippen molar-refractivity contribution in [3.05, 3.63) is 53.2 Å². The van der Waals surface area contributed by atoms with Crippen molar-refractivity contribution < 1.29 is 9.18 Å². The number of amidine groups is 1. The largest absolute Gasteiger partial charge is 0.343 e. The third-order valence-corrected chi connectivity index (χ3v) is 5.34. The number of halogens is 1. The van der Waals surface area contributed by atoms with Crippen molar-refractivity contribution in [1.82, 2.24) is 14.7 Å². The lowest BCUT2D eigenvalue weighted by atomic mass is 10.2. The Morgan fingerprint density at radius 1 is 1.28 bits per heavy atom. The van der Waals surface area contributed by atoms with Crippen LogP contribution in [0.4, 0.5) is 10.1 Å². The second-order valence-corrected chi connectivity index (χ2v) is 6.81. The van der Waals surface area contributed by atoms with Crippen LogP contribution in [0.15, 0.2) is 41.2 Å². The normalized spacial score (nSPS) is 18.8. The van der Waals surface area contributed by atoms with Crippen molar-refractivity contribution in [2.75, 3.05) is 17.4 Å². The van der Waals surface area contributed by atoms with Gasteiger partial charge in [0, 0.05) is 24.0 Å². The lowest BCUT2D eigenvalue weighted by Crippen LogP contribution is -2.46. The van der Waals surface area contributed by atoms with E-state index in [0.29, 0.717) is 23.4 Å². The lowest BCUT2D eigenvalue weighted by molar-refractivity contribution is -0.122. The molecular formula is C17H16FN5OS. The molecule has 1 amide bonds. The van der Waals surface area contributed by atoms with Crippen LogP contribution < -0.4 is 4.90 Å². The van der Waals surface area contributed by atoms with Gasteiger partial charge in [-0.2, -0.15) is 5.10 Å². The van der Waals surface area contributed by atoms with Gasteiger partial charge in [0.2, 0.25) is 0 Å². The van der Waals surface area contributed by atoms with Crippen LogP contribution in [0.3, 0.4) is 0 Å². The fraction of sp³-hybridized carbons (Fsp3) is 0.235. The Morgan fingerprint density at radius 3 is 2.72 bits per heavy atom. The first-order valence-corrected chi connectivity index (χ1v) is 8.75. The molecule has 1 aromatic heterocycles. The molecule has 2 aromatic rings. The highest BCUT2D eigenvalue weighted by atomic mass is 32.2. The number of anilines is 1. The molecule has 0 saturated carbocycles. The molecular weight excluding hydrogens is 341 g/mol. The van der Waals surface area contributed by atoms with Gasteiger partial charge in [-0.05, 0) is 37.3 Å². The summed E-state index contributed by atoms with van der Waals surface area (Å²) in [6, 6.07) is 6.28. The Hall–Kier alpha value is -2.61. The van der Waals surface area contributed by atoms with E-state index < -0.39 is 0 Å². The number of carbonyl (C=O) groups is 1. The topological polar surface area (TPSA) is 53.7 Å². The molecule has 3 heterocycles. The molecule has 2 aliphatic rings. The molecule has 8 heteroatoms. The Kier molecular flexibility index (Phi) is 3.84. The van der Waals surface area contributed by atoms with E-state index in [4.69, 9.17) is 0 Å². The minimum absolute atomic E-state index is 0.127. The first-order chi connectivity index (χ1) is 12.0. The fourth-order valence-corrected chi connectivity index (χ4v) is 3.69. The van der Waals surface area contributed by atoms with E-state index in [0.717, 1.165) is 16.9 Å². The highest BCUT2D eigenvalue weighted by Gasteiger charge is 2.35. The van der Waals surface area contributed by atoms with Crippen LogP contribution in [-0.2, 0) is 11.8 Å². The van der Waals surface area contributed by atoms with Crippen LogP contribution in [0.2, 0.25) is 0 Å². The van der Waals surface area contributed by atoms with Gasteiger partial charge in [-0.25, -0.2) is 9.38 Å². The number of rotatable bonds is 2. The summed E-state index contributed by atoms with van der Waals surface area (Å²) in [6.07, 6.45) is 3.50. The molecule has 25 heavy (non-hydrogen) atoms. The smallest absolute Gasteiger partial charge is 0.280 e. The molecule has 1 fully saturated rings. The number of hydrogen-bond donors (Lipinski definition) is 0. The highest BCUT2D eigenvalue weighted by Crippen LogP contribution is 2.31. The minimum atomic E-state index is -0.273. The number of aliphatic imine (C=N–C) groups is 1. The molecule has 128 valence electrons. The summed E-state index contributed by atoms with van der Waals surface area (Å²) in [5.74, 6) is 0.260. The number of aromatic nitrogens is 2. The van der Waals surface area contributed by atoms with Gasteiger partial charge >= 0.3 is 0 Å². The van der Waals surface area contributed by atoms with Crippen molar-refractivity contribution >= 4 is 34.6 Å². The van der Waals surface area contributed by atoms with Crippen LogP contribution in [0.5, 0.6) is 0 Å². The molecule has 1 saturated heterocycles. The summed E-state index contributed by atoms with van der Waals surface area (Å²) in [5.41, 5.74) is 3.15. The third kappa shape index (κ3) is 2.82. The average molecular weight is 357 g/mol. The molecule has 0 unspecified atom stereocenters. The zero-order valence-electron chi connectivity index (χ0n) is 13.8. The maximum atomic E-state index is 13.1. The van der Waals surface area contributed by atoms with Crippen molar-refractivity contribution in [1.29, 1.82) is 0 Å². The van der Waals surface area contributed by atoms with Crippen molar-refractivity contribution in [2.45, 2.75) is 6.92 Å². The van der Waals surface area contributed by atoms with E-state index in [1.807, 2.05) is 18.9 Å². The molecule has 2 aliphatic heterocycles. The zero-order chi connectivity index (χ0) is 17.6. The monoisotopic (exact) mass is 357 g/mol. The van der Waals surface area contributed by atoms with E-state index in [9.17, 15) is 9.18 Å². The number of amides is 1. The number of fused-ring (bicyclic) bond motifs is 1. The summed E-state index contributed by atoms with van der Waals surface area (Å²) in [5, 5.41) is 4.89. The second kappa shape index (κ2) is 6.03. The van der Waals surface area contributed by atoms with Gasteiger partial charge in [0.1, 0.15) is 18.2 Å². The van der Waals surface area contributed by atoms with Gasteiger partial charge in [0.05, 0.1) is 12.1 Å². The maximum absolute atomic E-state index is 13.1. The number of aryl methyl sites for hydroxylation is 1. The molecule has 0 atom stereocenters. The predicted molar refractivity (Wildman–Crippen MR) is 96.4 cm³/mol. The molecule has 6 nitrogen and oxygen atoms in total. The standard InChI is InChI=1S/C17H16FN5OS/c1-11-12(8-19-21(11)2)7-15-16(24)23-9-22(10-25-17(23)20-15)14-5-3-13(18)4-6-14/h3-8H,9-10H2,1-2H3/b15-7-. The Bertz CT molecular complexity index is 902. The molecule has 0 spiro atoms. The fourth-order valence-electron chi connectivity index (χ4n) is 2.73. The van der Waals surface area contributed by atoms with Crippen LogP contribution in [-0.4, -0.2) is 38.3 Å². The number of carbonyl (C=O) groups excluding carboxylic acids is 1. The summed E-state index contributed by atoms with van der Waals surface area (Å²) in [7, 11) is 1.86. The molecule has 0 radical (unpaired) electrons. The SMILES string of the molecule is Cc1c(/C=C2\N=C3SCN(c4ccc(F)cc4)CN3C2=O)cnn1C. The maximum Gasteiger partial charge on any atom is 0.280 e. The third-order valence-electron chi connectivity index (χ3n) is 4.33. The zero-order valence-corrected chi connectivity index (χ0v) is 14.6. The highest BCUT2D eigenvalue weighted by molar-refractivity contribution is 8.14. The van der Waals surface area contributed by atoms with E-state index in [-0.39, 0.29) is 11.7 Å². The lowest BCUT2D eigenvalue weighted by Gasteiger charge is -2.34. The summed E-state index contributed by atoms with van der Waals surface area (Å²) in [4.78, 5) is 20.8. The van der Waals surface area contributed by atoms with Crippen molar-refractivity contribution in [2.24, 2.45) is 12.0 Å². The Morgan fingerprint density at radius 2 is 2.04 bits per heavy atom. The molecule has 0 bridgehead atoms. The van der Waals surface area contributed by atoms with Gasteiger partial charge in [0.25, 0.3) is 5.91 Å². The molecule has 0 aliphatic carbocycles. The van der Waals surface area contributed by atoms with Gasteiger partial charge in [-0.1, -0.05) is 11.8 Å². The number of hydrogen-bond acceptors (Lipinski definition) is 5. The number of thioether (sulfide) groups is 1.